The molecule has 126 valence electrons. The lowest BCUT2D eigenvalue weighted by atomic mass is 10.1. The van der Waals surface area contributed by atoms with E-state index in [0.717, 1.165) is 0 Å². The van der Waals surface area contributed by atoms with Crippen molar-refractivity contribution in [2.24, 2.45) is 0 Å². The molecule has 1 aromatic heterocycles. The third-order valence-electron chi connectivity index (χ3n) is 3.69. The summed E-state index contributed by atoms with van der Waals surface area (Å²) >= 11 is 0. The highest BCUT2D eigenvalue weighted by Crippen LogP contribution is 2.28. The molecule has 3 rings (SSSR count). The Kier molecular flexibility index (Phi) is 3.96. The Morgan fingerprint density at radius 1 is 1.08 bits per heavy atom. The van der Waals surface area contributed by atoms with Gasteiger partial charge in [-0.05, 0) is 49.2 Å². The van der Waals surface area contributed by atoms with Crippen molar-refractivity contribution >= 4 is 26.8 Å². The Morgan fingerprint density at radius 3 is 2.38 bits per heavy atom. The van der Waals surface area contributed by atoms with Crippen LogP contribution in [-0.2, 0) is 10.0 Å². The van der Waals surface area contributed by atoms with Crippen molar-refractivity contribution in [2.45, 2.75) is 25.7 Å². The van der Waals surface area contributed by atoms with Crippen molar-refractivity contribution in [3.05, 3.63) is 47.3 Å². The Labute approximate surface area is 140 Å². The molecule has 0 saturated heterocycles. The van der Waals surface area contributed by atoms with E-state index in [2.05, 4.69) is 9.71 Å². The number of nitrogens with zero attached hydrogens (tertiary/aromatic N) is 1. The van der Waals surface area contributed by atoms with E-state index in [1.807, 2.05) is 0 Å². The normalized spacial score (nSPS) is 11.7. The number of hydrogen-bond acceptors (Lipinski definition) is 5. The maximum absolute atomic E-state index is 12.8. The number of ether oxygens (including phenoxy) is 1. The predicted octanol–water partition coefficient (Wildman–Crippen LogP) is 3.56. The van der Waals surface area contributed by atoms with Crippen molar-refractivity contribution in [3.8, 4) is 5.75 Å². The minimum atomic E-state index is -3.73. The van der Waals surface area contributed by atoms with Gasteiger partial charge in [-0.15, -0.1) is 0 Å². The lowest BCUT2D eigenvalue weighted by Gasteiger charge is -2.14. The topological polar surface area (TPSA) is 81.4 Å². The largest absolute Gasteiger partial charge is 0.497 e. The Bertz CT molecular complexity index is 999. The SMILES string of the molecule is COc1cc(C)c(S(=O)(=O)Nc2ccc3nc(C)oc3c2)c(C)c1. The molecule has 24 heavy (non-hydrogen) atoms. The fourth-order valence-corrected chi connectivity index (χ4v) is 4.27. The van der Waals surface area contributed by atoms with Crippen LogP contribution in [0.3, 0.4) is 0 Å². The van der Waals surface area contributed by atoms with Gasteiger partial charge in [0.25, 0.3) is 10.0 Å². The number of rotatable bonds is 4. The monoisotopic (exact) mass is 346 g/mol. The van der Waals surface area contributed by atoms with Gasteiger partial charge < -0.3 is 9.15 Å². The lowest BCUT2D eigenvalue weighted by molar-refractivity contribution is 0.413. The van der Waals surface area contributed by atoms with Crippen LogP contribution in [0.2, 0.25) is 0 Å². The van der Waals surface area contributed by atoms with Crippen LogP contribution in [0.15, 0.2) is 39.6 Å². The van der Waals surface area contributed by atoms with Gasteiger partial charge in [-0.1, -0.05) is 0 Å². The maximum Gasteiger partial charge on any atom is 0.262 e. The Hall–Kier alpha value is -2.54. The zero-order valence-electron chi connectivity index (χ0n) is 13.9. The second-order valence-electron chi connectivity index (χ2n) is 5.61. The summed E-state index contributed by atoms with van der Waals surface area (Å²) in [6.45, 7) is 5.23. The molecule has 0 spiro atoms. The number of aryl methyl sites for hydroxylation is 3. The van der Waals surface area contributed by atoms with Crippen molar-refractivity contribution in [3.63, 3.8) is 0 Å². The summed E-state index contributed by atoms with van der Waals surface area (Å²) in [5.74, 6) is 1.16. The first-order chi connectivity index (χ1) is 11.3. The van der Waals surface area contributed by atoms with Crippen molar-refractivity contribution in [1.29, 1.82) is 0 Å². The highest BCUT2D eigenvalue weighted by atomic mass is 32.2. The molecule has 0 fully saturated rings. The molecule has 0 aliphatic carbocycles. The molecular weight excluding hydrogens is 328 g/mol. The molecule has 0 radical (unpaired) electrons. The van der Waals surface area contributed by atoms with Crippen LogP contribution in [0.25, 0.3) is 11.1 Å². The van der Waals surface area contributed by atoms with Crippen LogP contribution in [0.4, 0.5) is 5.69 Å². The van der Waals surface area contributed by atoms with E-state index in [9.17, 15) is 8.42 Å². The van der Waals surface area contributed by atoms with E-state index >= 15 is 0 Å². The molecule has 0 amide bonds. The van der Waals surface area contributed by atoms with E-state index in [0.29, 0.717) is 39.6 Å². The van der Waals surface area contributed by atoms with Crippen molar-refractivity contribution in [2.75, 3.05) is 11.8 Å². The summed E-state index contributed by atoms with van der Waals surface area (Å²) in [7, 11) is -2.18. The van der Waals surface area contributed by atoms with Gasteiger partial charge in [0.2, 0.25) is 0 Å². The van der Waals surface area contributed by atoms with Crippen molar-refractivity contribution < 1.29 is 17.6 Å². The van der Waals surface area contributed by atoms with Gasteiger partial charge in [0.15, 0.2) is 11.5 Å². The molecule has 0 unspecified atom stereocenters. The third-order valence-corrected chi connectivity index (χ3v) is 5.37. The van der Waals surface area contributed by atoms with Crippen LogP contribution in [0.5, 0.6) is 5.75 Å². The Balaban J connectivity index is 2.01. The quantitative estimate of drug-likeness (QED) is 0.781. The summed E-state index contributed by atoms with van der Waals surface area (Å²) < 4.78 is 38.8. The summed E-state index contributed by atoms with van der Waals surface area (Å²) in [5.41, 5.74) is 2.89. The minimum absolute atomic E-state index is 0.247. The van der Waals surface area contributed by atoms with Gasteiger partial charge in [0, 0.05) is 13.0 Å². The summed E-state index contributed by atoms with van der Waals surface area (Å²) in [5, 5.41) is 0. The van der Waals surface area contributed by atoms with E-state index in [1.54, 1.807) is 58.2 Å². The molecule has 3 aromatic rings. The first-order valence-electron chi connectivity index (χ1n) is 7.35. The average molecular weight is 346 g/mol. The van der Waals surface area contributed by atoms with E-state index < -0.39 is 10.0 Å². The van der Waals surface area contributed by atoms with Gasteiger partial charge in [-0.2, -0.15) is 0 Å². The fraction of sp³-hybridized carbons (Fsp3) is 0.235. The molecule has 1 heterocycles. The van der Waals surface area contributed by atoms with Crippen LogP contribution < -0.4 is 9.46 Å². The summed E-state index contributed by atoms with van der Waals surface area (Å²) in [6, 6.07) is 8.41. The molecule has 1 N–H and O–H groups in total. The zero-order chi connectivity index (χ0) is 17.5. The van der Waals surface area contributed by atoms with Gasteiger partial charge in [0.1, 0.15) is 11.3 Å². The molecular formula is C17H18N2O4S. The minimum Gasteiger partial charge on any atom is -0.497 e. The predicted molar refractivity (Wildman–Crippen MR) is 92.0 cm³/mol. The van der Waals surface area contributed by atoms with Crippen LogP contribution in [0, 0.1) is 20.8 Å². The fourth-order valence-electron chi connectivity index (χ4n) is 2.76. The van der Waals surface area contributed by atoms with Crippen molar-refractivity contribution in [1.82, 2.24) is 4.98 Å². The molecule has 0 saturated carbocycles. The number of sulfonamides is 1. The number of oxazole rings is 1. The van der Waals surface area contributed by atoms with Crippen LogP contribution in [-0.4, -0.2) is 20.5 Å². The number of hydrogen-bond donors (Lipinski definition) is 1. The van der Waals surface area contributed by atoms with Gasteiger partial charge >= 0.3 is 0 Å². The molecule has 7 heteroatoms. The number of benzene rings is 2. The highest BCUT2D eigenvalue weighted by molar-refractivity contribution is 7.92. The molecule has 0 bridgehead atoms. The van der Waals surface area contributed by atoms with Gasteiger partial charge in [-0.3, -0.25) is 4.72 Å². The maximum atomic E-state index is 12.8. The van der Waals surface area contributed by atoms with Crippen LogP contribution in [0.1, 0.15) is 17.0 Å². The summed E-state index contributed by atoms with van der Waals surface area (Å²) in [4.78, 5) is 4.45. The molecule has 6 nitrogen and oxygen atoms in total. The second-order valence-corrected chi connectivity index (χ2v) is 7.23. The first-order valence-corrected chi connectivity index (χ1v) is 8.84. The number of fused-ring (bicyclic) bond motifs is 1. The number of aromatic nitrogens is 1. The molecule has 0 atom stereocenters. The molecule has 2 aromatic carbocycles. The van der Waals surface area contributed by atoms with E-state index in [4.69, 9.17) is 9.15 Å². The molecule has 0 aliphatic rings. The third kappa shape index (κ3) is 2.94. The second kappa shape index (κ2) is 5.83. The van der Waals surface area contributed by atoms with E-state index in [1.165, 1.54) is 0 Å². The number of nitrogens with one attached hydrogen (secondary N) is 1. The Morgan fingerprint density at radius 2 is 1.75 bits per heavy atom. The zero-order valence-corrected chi connectivity index (χ0v) is 14.7. The van der Waals surface area contributed by atoms with Gasteiger partial charge in [0.05, 0.1) is 17.7 Å². The van der Waals surface area contributed by atoms with E-state index in [-0.39, 0.29) is 4.90 Å². The smallest absolute Gasteiger partial charge is 0.262 e. The lowest BCUT2D eigenvalue weighted by Crippen LogP contribution is -2.15. The van der Waals surface area contributed by atoms with Crippen LogP contribution >= 0.6 is 0 Å². The molecule has 0 aliphatic heterocycles. The average Bonchev–Trinajstić information content (AvgIpc) is 2.84. The number of anilines is 1. The standard InChI is InChI=1S/C17H18N2O4S/c1-10-7-14(22-4)8-11(2)17(10)24(20,21)19-13-5-6-15-16(9-13)23-12(3)18-15/h5-9,19H,1-4H3. The first kappa shape index (κ1) is 16.3. The highest BCUT2D eigenvalue weighted by Gasteiger charge is 2.21. The number of methoxy groups -OCH3 is 1. The summed E-state index contributed by atoms with van der Waals surface area (Å²) in [6.07, 6.45) is 0. The van der Waals surface area contributed by atoms with Gasteiger partial charge in [-0.25, -0.2) is 13.4 Å².